The molecule has 1 aromatic rings. The summed E-state index contributed by atoms with van der Waals surface area (Å²) >= 11 is 0. The van der Waals surface area contributed by atoms with Gasteiger partial charge in [0.05, 0.1) is 17.2 Å². The van der Waals surface area contributed by atoms with Crippen LogP contribution in [0.1, 0.15) is 26.3 Å². The summed E-state index contributed by atoms with van der Waals surface area (Å²) in [7, 11) is 0. The van der Waals surface area contributed by atoms with E-state index in [-0.39, 0.29) is 0 Å². The molecule has 0 aromatic carbocycles. The van der Waals surface area contributed by atoms with Gasteiger partial charge in [0.25, 0.3) is 0 Å². The summed E-state index contributed by atoms with van der Waals surface area (Å²) in [5.41, 5.74) is 0.0802. The summed E-state index contributed by atoms with van der Waals surface area (Å²) in [6.07, 6.45) is 1.01. The summed E-state index contributed by atoms with van der Waals surface area (Å²) in [6, 6.07) is 5.41. The van der Waals surface area contributed by atoms with Crippen LogP contribution in [0.25, 0.3) is 0 Å². The van der Waals surface area contributed by atoms with Crippen molar-refractivity contribution in [1.82, 2.24) is 4.98 Å². The largest absolute Gasteiger partial charge is 0.391 e. The first-order valence-corrected chi connectivity index (χ1v) is 4.78. The number of rotatable bonds is 3. The maximum absolute atomic E-state index is 9.50. The van der Waals surface area contributed by atoms with Crippen molar-refractivity contribution in [3.8, 4) is 6.07 Å². The van der Waals surface area contributed by atoms with E-state index >= 15 is 0 Å². The van der Waals surface area contributed by atoms with Gasteiger partial charge in [-0.1, -0.05) is 0 Å². The van der Waals surface area contributed by atoms with E-state index in [9.17, 15) is 5.11 Å². The Labute approximate surface area is 89.6 Å². The molecule has 1 heterocycles. The van der Waals surface area contributed by atoms with Gasteiger partial charge in [-0.05, 0) is 32.9 Å². The summed E-state index contributed by atoms with van der Waals surface area (Å²) in [4.78, 5) is 4.07. The van der Waals surface area contributed by atoms with Crippen LogP contribution in [0.3, 0.4) is 0 Å². The number of hydrogen-bond donors (Lipinski definition) is 2. The van der Waals surface area contributed by atoms with Crippen molar-refractivity contribution in [2.45, 2.75) is 32.4 Å². The highest BCUT2D eigenvalue weighted by Gasteiger charge is 2.23. The zero-order valence-electron chi connectivity index (χ0n) is 9.15. The first-order valence-electron chi connectivity index (χ1n) is 4.78. The van der Waals surface area contributed by atoms with Crippen LogP contribution >= 0.6 is 0 Å². The van der Waals surface area contributed by atoms with Crippen LogP contribution in [-0.4, -0.2) is 21.7 Å². The molecule has 1 atom stereocenters. The molecule has 0 spiro atoms. The molecule has 0 aliphatic heterocycles. The van der Waals surface area contributed by atoms with Gasteiger partial charge in [-0.3, -0.25) is 0 Å². The summed E-state index contributed by atoms with van der Waals surface area (Å²) < 4.78 is 0. The highest BCUT2D eigenvalue weighted by molar-refractivity contribution is 5.41. The van der Waals surface area contributed by atoms with Crippen molar-refractivity contribution >= 4 is 5.82 Å². The monoisotopic (exact) mass is 205 g/mol. The number of hydrogen-bond acceptors (Lipinski definition) is 4. The van der Waals surface area contributed by atoms with Crippen LogP contribution in [0.2, 0.25) is 0 Å². The lowest BCUT2D eigenvalue weighted by Crippen LogP contribution is -2.42. The predicted octanol–water partition coefficient (Wildman–Crippen LogP) is 1.52. The van der Waals surface area contributed by atoms with Gasteiger partial charge >= 0.3 is 0 Å². The Kier molecular flexibility index (Phi) is 3.28. The third-order valence-corrected chi connectivity index (χ3v) is 2.39. The standard InChI is InChI=1S/C11H15N3O/c1-8(15)11(2,3)14-10-5-4-9(6-12)7-13-10/h4-5,7-8,15H,1-3H3,(H,13,14). The molecule has 0 amide bonds. The molecule has 1 rings (SSSR count). The highest BCUT2D eigenvalue weighted by atomic mass is 16.3. The van der Waals surface area contributed by atoms with Crippen molar-refractivity contribution in [3.05, 3.63) is 23.9 Å². The van der Waals surface area contributed by atoms with Crippen molar-refractivity contribution < 1.29 is 5.11 Å². The van der Waals surface area contributed by atoms with E-state index in [1.54, 1.807) is 19.1 Å². The van der Waals surface area contributed by atoms with Crippen LogP contribution in [0.5, 0.6) is 0 Å². The summed E-state index contributed by atoms with van der Waals surface area (Å²) in [6.45, 7) is 5.49. The topological polar surface area (TPSA) is 68.9 Å². The number of aliphatic hydroxyl groups is 1. The zero-order chi connectivity index (χ0) is 11.5. The number of nitriles is 1. The average Bonchev–Trinajstić information content (AvgIpc) is 2.18. The van der Waals surface area contributed by atoms with Crippen LogP contribution in [-0.2, 0) is 0 Å². The first-order chi connectivity index (χ1) is 6.95. The maximum atomic E-state index is 9.50. The molecule has 0 aliphatic rings. The molecule has 4 heteroatoms. The Balaban J connectivity index is 2.78. The van der Waals surface area contributed by atoms with E-state index < -0.39 is 11.6 Å². The second-order valence-corrected chi connectivity index (χ2v) is 4.07. The Hall–Kier alpha value is -1.60. The van der Waals surface area contributed by atoms with Gasteiger partial charge in [0.1, 0.15) is 11.9 Å². The molecule has 1 unspecified atom stereocenters. The van der Waals surface area contributed by atoms with Gasteiger partial charge in [0.2, 0.25) is 0 Å². The smallest absolute Gasteiger partial charge is 0.126 e. The molecule has 4 nitrogen and oxygen atoms in total. The molecule has 15 heavy (non-hydrogen) atoms. The fourth-order valence-electron chi connectivity index (χ4n) is 0.968. The molecule has 0 fully saturated rings. The lowest BCUT2D eigenvalue weighted by molar-refractivity contribution is 0.133. The fraction of sp³-hybridized carbons (Fsp3) is 0.455. The van der Waals surface area contributed by atoms with Gasteiger partial charge in [-0.25, -0.2) is 4.98 Å². The lowest BCUT2D eigenvalue weighted by atomic mass is 9.99. The van der Waals surface area contributed by atoms with Gasteiger partial charge in [0.15, 0.2) is 0 Å². The Bertz CT molecular complexity index is 362. The molecular formula is C11H15N3O. The average molecular weight is 205 g/mol. The van der Waals surface area contributed by atoms with Crippen LogP contribution in [0, 0.1) is 11.3 Å². The van der Waals surface area contributed by atoms with Crippen molar-refractivity contribution in [3.63, 3.8) is 0 Å². The molecule has 0 radical (unpaired) electrons. The van der Waals surface area contributed by atoms with Gasteiger partial charge in [0, 0.05) is 6.20 Å². The molecular weight excluding hydrogens is 190 g/mol. The second-order valence-electron chi connectivity index (χ2n) is 4.07. The number of aromatic nitrogens is 1. The second kappa shape index (κ2) is 4.28. The Morgan fingerprint density at radius 3 is 2.60 bits per heavy atom. The summed E-state index contributed by atoms with van der Waals surface area (Å²) in [5, 5.41) is 21.2. The molecule has 0 saturated heterocycles. The van der Waals surface area contributed by atoms with E-state index in [1.165, 1.54) is 6.20 Å². The Morgan fingerprint density at radius 1 is 1.53 bits per heavy atom. The SMILES string of the molecule is CC(O)C(C)(C)Nc1ccc(C#N)cn1. The highest BCUT2D eigenvalue weighted by Crippen LogP contribution is 2.16. The van der Waals surface area contributed by atoms with E-state index in [0.29, 0.717) is 11.4 Å². The number of pyridine rings is 1. The Morgan fingerprint density at radius 2 is 2.20 bits per heavy atom. The minimum atomic E-state index is -0.491. The van der Waals surface area contributed by atoms with E-state index in [0.717, 1.165) is 0 Å². The molecule has 0 saturated carbocycles. The summed E-state index contributed by atoms with van der Waals surface area (Å²) in [5.74, 6) is 0.653. The molecule has 80 valence electrons. The number of aliphatic hydroxyl groups excluding tert-OH is 1. The van der Waals surface area contributed by atoms with Crippen molar-refractivity contribution in [1.29, 1.82) is 5.26 Å². The minimum absolute atomic E-state index is 0.443. The lowest BCUT2D eigenvalue weighted by Gasteiger charge is -2.29. The first kappa shape index (κ1) is 11.5. The van der Waals surface area contributed by atoms with Gasteiger partial charge in [-0.15, -0.1) is 0 Å². The minimum Gasteiger partial charge on any atom is -0.391 e. The van der Waals surface area contributed by atoms with E-state index in [1.807, 2.05) is 19.9 Å². The number of anilines is 1. The molecule has 0 aliphatic carbocycles. The fourth-order valence-corrected chi connectivity index (χ4v) is 0.968. The third-order valence-electron chi connectivity index (χ3n) is 2.39. The predicted molar refractivity (Wildman–Crippen MR) is 58.3 cm³/mol. The maximum Gasteiger partial charge on any atom is 0.126 e. The van der Waals surface area contributed by atoms with Crippen molar-refractivity contribution in [2.24, 2.45) is 0 Å². The van der Waals surface area contributed by atoms with Crippen molar-refractivity contribution in [2.75, 3.05) is 5.32 Å². The van der Waals surface area contributed by atoms with Gasteiger partial charge < -0.3 is 10.4 Å². The van der Waals surface area contributed by atoms with Crippen LogP contribution in [0.15, 0.2) is 18.3 Å². The molecule has 1 aromatic heterocycles. The molecule has 2 N–H and O–H groups in total. The quantitative estimate of drug-likeness (QED) is 0.785. The number of nitrogens with zero attached hydrogens (tertiary/aromatic N) is 2. The normalized spacial score (nSPS) is 13.0. The van der Waals surface area contributed by atoms with Crippen LogP contribution < -0.4 is 5.32 Å². The number of nitrogens with one attached hydrogen (secondary N) is 1. The van der Waals surface area contributed by atoms with Crippen LogP contribution in [0.4, 0.5) is 5.82 Å². The van der Waals surface area contributed by atoms with E-state index in [4.69, 9.17) is 5.26 Å². The third kappa shape index (κ3) is 2.93. The zero-order valence-corrected chi connectivity index (χ0v) is 9.15. The van der Waals surface area contributed by atoms with Gasteiger partial charge in [-0.2, -0.15) is 5.26 Å². The van der Waals surface area contributed by atoms with E-state index in [2.05, 4.69) is 10.3 Å². The molecule has 0 bridgehead atoms.